The number of pyridine rings is 1. The van der Waals surface area contributed by atoms with Crippen LogP contribution >= 0.6 is 0 Å². The van der Waals surface area contributed by atoms with Crippen LogP contribution in [0.1, 0.15) is 16.1 Å². The molecule has 3 rings (SSSR count). The standard InChI is InChI=1S/C16H12F2N2O4/c1-8-13-11(15(21)22-2)7-12(19-14(13)24-20-8)9-4-3-5-10(6-9)23-16(17)18/h3-7,16H,1-2H3. The fourth-order valence-electron chi connectivity index (χ4n) is 2.35. The predicted molar refractivity (Wildman–Crippen MR) is 79.9 cm³/mol. The molecule has 124 valence electrons. The molecule has 0 spiro atoms. The first-order valence-electron chi connectivity index (χ1n) is 6.90. The third-order valence-electron chi connectivity index (χ3n) is 3.38. The molecule has 0 saturated carbocycles. The van der Waals surface area contributed by atoms with Crippen molar-refractivity contribution >= 4 is 17.1 Å². The number of methoxy groups -OCH3 is 1. The van der Waals surface area contributed by atoms with E-state index in [1.165, 1.54) is 25.3 Å². The maximum atomic E-state index is 12.4. The van der Waals surface area contributed by atoms with Crippen LogP contribution in [0.2, 0.25) is 0 Å². The summed E-state index contributed by atoms with van der Waals surface area (Å²) in [7, 11) is 1.26. The monoisotopic (exact) mass is 334 g/mol. The number of esters is 1. The molecule has 6 nitrogen and oxygen atoms in total. The number of hydrogen-bond donors (Lipinski definition) is 0. The first kappa shape index (κ1) is 15.9. The third-order valence-corrected chi connectivity index (χ3v) is 3.38. The van der Waals surface area contributed by atoms with E-state index in [0.717, 1.165) is 0 Å². The molecule has 3 aromatic rings. The summed E-state index contributed by atoms with van der Waals surface area (Å²) in [6, 6.07) is 7.48. The van der Waals surface area contributed by atoms with Crippen molar-refractivity contribution in [2.45, 2.75) is 13.5 Å². The van der Waals surface area contributed by atoms with Gasteiger partial charge in [-0.05, 0) is 25.1 Å². The Hall–Kier alpha value is -3.03. The lowest BCUT2D eigenvalue weighted by atomic mass is 10.1. The number of hydrogen-bond acceptors (Lipinski definition) is 6. The van der Waals surface area contributed by atoms with E-state index in [1.54, 1.807) is 19.1 Å². The van der Waals surface area contributed by atoms with Crippen molar-refractivity contribution in [3.63, 3.8) is 0 Å². The first-order valence-corrected chi connectivity index (χ1v) is 6.90. The fraction of sp³-hybridized carbons (Fsp3) is 0.188. The number of rotatable bonds is 4. The SMILES string of the molecule is COC(=O)c1cc(-c2cccc(OC(F)F)c2)nc2onc(C)c12. The minimum Gasteiger partial charge on any atom is -0.465 e. The molecular formula is C16H12F2N2O4. The van der Waals surface area contributed by atoms with E-state index in [4.69, 9.17) is 9.26 Å². The minimum atomic E-state index is -2.93. The number of benzene rings is 1. The van der Waals surface area contributed by atoms with Crippen LogP contribution in [0, 0.1) is 6.92 Å². The van der Waals surface area contributed by atoms with Gasteiger partial charge in [0.25, 0.3) is 5.71 Å². The Morgan fingerprint density at radius 2 is 2.08 bits per heavy atom. The normalized spacial score (nSPS) is 11.0. The van der Waals surface area contributed by atoms with Gasteiger partial charge in [-0.3, -0.25) is 0 Å². The number of alkyl halides is 2. The number of carbonyl (C=O) groups excluding carboxylic acids is 1. The van der Waals surface area contributed by atoms with Gasteiger partial charge < -0.3 is 14.0 Å². The van der Waals surface area contributed by atoms with Crippen LogP contribution in [-0.4, -0.2) is 29.8 Å². The number of aromatic nitrogens is 2. The summed E-state index contributed by atoms with van der Waals surface area (Å²) >= 11 is 0. The quantitative estimate of drug-likeness (QED) is 0.679. The van der Waals surface area contributed by atoms with Crippen LogP contribution in [-0.2, 0) is 4.74 Å². The highest BCUT2D eigenvalue weighted by Crippen LogP contribution is 2.29. The Morgan fingerprint density at radius 1 is 1.29 bits per heavy atom. The molecule has 0 aliphatic heterocycles. The molecule has 0 saturated heterocycles. The van der Waals surface area contributed by atoms with Crippen molar-refractivity contribution in [2.24, 2.45) is 0 Å². The molecule has 2 heterocycles. The Kier molecular flexibility index (Phi) is 4.11. The summed E-state index contributed by atoms with van der Waals surface area (Å²) < 4.78 is 39.0. The lowest BCUT2D eigenvalue weighted by Crippen LogP contribution is -2.04. The minimum absolute atomic E-state index is 0.0160. The number of aryl methyl sites for hydroxylation is 1. The average Bonchev–Trinajstić information content (AvgIpc) is 2.94. The Labute approximate surface area is 135 Å². The van der Waals surface area contributed by atoms with Gasteiger partial charge in [0.2, 0.25) is 0 Å². The van der Waals surface area contributed by atoms with Crippen molar-refractivity contribution in [3.05, 3.63) is 41.6 Å². The number of nitrogens with zero attached hydrogens (tertiary/aromatic N) is 2. The number of ether oxygens (including phenoxy) is 2. The van der Waals surface area contributed by atoms with Crippen molar-refractivity contribution in [1.29, 1.82) is 0 Å². The van der Waals surface area contributed by atoms with Gasteiger partial charge in [0.1, 0.15) is 5.75 Å². The molecule has 1 aromatic carbocycles. The number of fused-ring (bicyclic) bond motifs is 1. The average molecular weight is 334 g/mol. The van der Waals surface area contributed by atoms with Crippen LogP contribution in [0.25, 0.3) is 22.4 Å². The Morgan fingerprint density at radius 3 is 2.79 bits per heavy atom. The summed E-state index contributed by atoms with van der Waals surface area (Å²) in [6.07, 6.45) is 0. The van der Waals surface area contributed by atoms with Gasteiger partial charge in [0.15, 0.2) is 0 Å². The molecule has 24 heavy (non-hydrogen) atoms. The second-order valence-corrected chi connectivity index (χ2v) is 4.90. The molecule has 0 atom stereocenters. The molecule has 8 heteroatoms. The fourth-order valence-corrected chi connectivity index (χ4v) is 2.35. The van der Waals surface area contributed by atoms with E-state index >= 15 is 0 Å². The summed E-state index contributed by atoms with van der Waals surface area (Å²) in [4.78, 5) is 16.3. The van der Waals surface area contributed by atoms with Gasteiger partial charge in [-0.15, -0.1) is 0 Å². The van der Waals surface area contributed by atoms with Gasteiger partial charge in [0.05, 0.1) is 29.4 Å². The van der Waals surface area contributed by atoms with Crippen LogP contribution in [0.5, 0.6) is 5.75 Å². The van der Waals surface area contributed by atoms with Crippen molar-refractivity contribution < 1.29 is 27.6 Å². The van der Waals surface area contributed by atoms with E-state index in [-0.39, 0.29) is 17.0 Å². The zero-order chi connectivity index (χ0) is 17.3. The number of carbonyl (C=O) groups is 1. The van der Waals surface area contributed by atoms with E-state index in [9.17, 15) is 13.6 Å². The van der Waals surface area contributed by atoms with Crippen LogP contribution in [0.4, 0.5) is 8.78 Å². The van der Waals surface area contributed by atoms with E-state index in [0.29, 0.717) is 22.3 Å². The van der Waals surface area contributed by atoms with E-state index < -0.39 is 12.6 Å². The summed E-state index contributed by atoms with van der Waals surface area (Å²) in [5.41, 5.74) is 1.72. The molecule has 0 radical (unpaired) electrons. The highest BCUT2D eigenvalue weighted by atomic mass is 19.3. The number of halogens is 2. The maximum absolute atomic E-state index is 12.4. The smallest absolute Gasteiger partial charge is 0.387 e. The predicted octanol–water partition coefficient (Wildman–Crippen LogP) is 3.59. The van der Waals surface area contributed by atoms with Gasteiger partial charge in [-0.2, -0.15) is 8.78 Å². The van der Waals surface area contributed by atoms with Gasteiger partial charge in [-0.25, -0.2) is 9.78 Å². The van der Waals surface area contributed by atoms with Gasteiger partial charge >= 0.3 is 12.6 Å². The Bertz CT molecular complexity index is 908. The Balaban J connectivity index is 2.15. The second kappa shape index (κ2) is 6.23. The van der Waals surface area contributed by atoms with Gasteiger partial charge in [0, 0.05) is 5.56 Å². The van der Waals surface area contributed by atoms with Crippen molar-refractivity contribution in [1.82, 2.24) is 10.1 Å². The zero-order valence-electron chi connectivity index (χ0n) is 12.7. The third kappa shape index (κ3) is 2.90. The molecule has 2 aromatic heterocycles. The zero-order valence-corrected chi connectivity index (χ0v) is 12.7. The van der Waals surface area contributed by atoms with Crippen molar-refractivity contribution in [2.75, 3.05) is 7.11 Å². The first-order chi connectivity index (χ1) is 11.5. The molecule has 0 fully saturated rings. The summed E-state index contributed by atoms with van der Waals surface area (Å²) in [6.45, 7) is -1.25. The highest BCUT2D eigenvalue weighted by Gasteiger charge is 2.20. The van der Waals surface area contributed by atoms with Crippen molar-refractivity contribution in [3.8, 4) is 17.0 Å². The molecular weight excluding hydrogens is 322 g/mol. The second-order valence-electron chi connectivity index (χ2n) is 4.90. The molecule has 0 aliphatic carbocycles. The maximum Gasteiger partial charge on any atom is 0.387 e. The highest BCUT2D eigenvalue weighted by molar-refractivity contribution is 6.04. The van der Waals surface area contributed by atoms with E-state index in [2.05, 4.69) is 14.9 Å². The lowest BCUT2D eigenvalue weighted by molar-refractivity contribution is -0.0498. The molecule has 0 N–H and O–H groups in total. The van der Waals surface area contributed by atoms with Gasteiger partial charge in [-0.1, -0.05) is 17.3 Å². The van der Waals surface area contributed by atoms with Crippen LogP contribution < -0.4 is 4.74 Å². The lowest BCUT2D eigenvalue weighted by Gasteiger charge is -2.08. The molecule has 0 amide bonds. The summed E-state index contributed by atoms with van der Waals surface area (Å²) in [5.74, 6) is -0.590. The van der Waals surface area contributed by atoms with Crippen LogP contribution in [0.3, 0.4) is 0 Å². The topological polar surface area (TPSA) is 74.5 Å². The molecule has 0 unspecified atom stereocenters. The summed E-state index contributed by atoms with van der Waals surface area (Å²) in [5, 5.41) is 4.25. The van der Waals surface area contributed by atoms with E-state index in [1.807, 2.05) is 0 Å². The largest absolute Gasteiger partial charge is 0.465 e. The molecule has 0 bridgehead atoms. The van der Waals surface area contributed by atoms with Crippen LogP contribution in [0.15, 0.2) is 34.9 Å². The molecule has 0 aliphatic rings.